The summed E-state index contributed by atoms with van der Waals surface area (Å²) in [6.45, 7) is 2.87. The van der Waals surface area contributed by atoms with E-state index in [1.807, 2.05) is 13.0 Å². The highest BCUT2D eigenvalue weighted by Crippen LogP contribution is 2.48. The first-order valence-electron chi connectivity index (χ1n) is 17.9. The molecule has 7 atom stereocenters. The fourth-order valence-corrected chi connectivity index (χ4v) is 9.14. The van der Waals surface area contributed by atoms with Crippen LogP contribution in [0.3, 0.4) is 0 Å². The van der Waals surface area contributed by atoms with E-state index in [-0.39, 0.29) is 55.2 Å². The fourth-order valence-electron chi connectivity index (χ4n) is 7.68. The first-order valence-corrected chi connectivity index (χ1v) is 19.4. The zero-order valence-electron chi connectivity index (χ0n) is 30.5. The van der Waals surface area contributed by atoms with Crippen molar-refractivity contribution in [3.05, 3.63) is 36.3 Å². The number of pyridine rings is 1. The van der Waals surface area contributed by atoms with Crippen molar-refractivity contribution in [1.29, 1.82) is 0 Å². The van der Waals surface area contributed by atoms with E-state index in [4.69, 9.17) is 14.2 Å². The maximum Gasteiger partial charge on any atom is 0.405 e. The SMILES string of the molecule is COc1cc2c(OC)cnc(O[C@@H]3C[C@H]4C(=O)N[C@]5(C(=O)NS(=O)(=O)C6(CO)CC6)C[C@H]5/C=C\CC[C@@H](C)C[C@@H](C)[C@H](NC(=O)O)C(=O)N4C3)c2cc1F. The number of benzene rings is 1. The third-order valence-corrected chi connectivity index (χ3v) is 13.3. The van der Waals surface area contributed by atoms with Crippen molar-refractivity contribution in [2.75, 3.05) is 27.4 Å². The summed E-state index contributed by atoms with van der Waals surface area (Å²) in [4.78, 5) is 60.1. The lowest BCUT2D eigenvalue weighted by molar-refractivity contribution is -0.142. The highest BCUT2D eigenvalue weighted by Gasteiger charge is 2.64. The van der Waals surface area contributed by atoms with Gasteiger partial charge in [0.25, 0.3) is 5.91 Å². The van der Waals surface area contributed by atoms with Crippen LogP contribution in [0.4, 0.5) is 9.18 Å². The maximum atomic E-state index is 15.0. The molecule has 6 rings (SSSR count). The Bertz CT molecular complexity index is 1970. The molecule has 4 amide bonds. The monoisotopic (exact) mass is 775 g/mol. The molecule has 3 fully saturated rings. The Hall–Kier alpha value is -4.71. The molecule has 3 heterocycles. The summed E-state index contributed by atoms with van der Waals surface area (Å²) in [5.41, 5.74) is -1.68. The van der Waals surface area contributed by atoms with Gasteiger partial charge in [0, 0.05) is 17.7 Å². The Balaban J connectivity index is 1.36. The van der Waals surface area contributed by atoms with Crippen molar-refractivity contribution in [2.24, 2.45) is 17.8 Å². The highest BCUT2D eigenvalue weighted by atomic mass is 32.2. The average Bonchev–Trinajstić information content (AvgIpc) is 4.03. The van der Waals surface area contributed by atoms with Gasteiger partial charge in [0.2, 0.25) is 27.7 Å². The summed E-state index contributed by atoms with van der Waals surface area (Å²) < 4.78 is 58.7. The van der Waals surface area contributed by atoms with E-state index in [9.17, 15) is 42.2 Å². The Morgan fingerprint density at radius 3 is 2.48 bits per heavy atom. The second-order valence-electron chi connectivity index (χ2n) is 14.9. The number of carbonyl (C=O) groups excluding carboxylic acids is 3. The fraction of sp³-hybridized carbons (Fsp3) is 0.583. The molecular weight excluding hydrogens is 729 g/mol. The highest BCUT2D eigenvalue weighted by molar-refractivity contribution is 7.91. The lowest BCUT2D eigenvalue weighted by atomic mass is 9.88. The van der Waals surface area contributed by atoms with E-state index in [1.54, 1.807) is 13.0 Å². The van der Waals surface area contributed by atoms with Gasteiger partial charge in [0.15, 0.2) is 11.6 Å². The minimum atomic E-state index is -4.30. The molecule has 294 valence electrons. The Morgan fingerprint density at radius 2 is 1.83 bits per heavy atom. The molecule has 16 nitrogen and oxygen atoms in total. The van der Waals surface area contributed by atoms with Crippen LogP contribution in [-0.2, 0) is 24.4 Å². The van der Waals surface area contributed by atoms with Crippen LogP contribution in [0, 0.1) is 23.6 Å². The summed E-state index contributed by atoms with van der Waals surface area (Å²) in [6.07, 6.45) is 4.70. The normalized spacial score (nSPS) is 30.1. The molecule has 2 aliphatic carbocycles. The van der Waals surface area contributed by atoms with Gasteiger partial charge in [-0.3, -0.25) is 19.1 Å². The van der Waals surface area contributed by atoms with Crippen LogP contribution in [0.1, 0.15) is 58.8 Å². The van der Waals surface area contributed by atoms with Gasteiger partial charge >= 0.3 is 6.09 Å². The minimum Gasteiger partial charge on any atom is -0.494 e. The summed E-state index contributed by atoms with van der Waals surface area (Å²) in [6, 6.07) is 0.0519. The molecule has 4 aliphatic rings. The number of halogens is 1. The summed E-state index contributed by atoms with van der Waals surface area (Å²) in [5, 5.41) is 25.3. The first-order chi connectivity index (χ1) is 25.6. The third-order valence-electron chi connectivity index (χ3n) is 11.2. The van der Waals surface area contributed by atoms with E-state index >= 15 is 0 Å². The Morgan fingerprint density at radius 1 is 1.11 bits per heavy atom. The minimum absolute atomic E-state index is 0.0262. The molecule has 0 spiro atoms. The predicted molar refractivity (Wildman–Crippen MR) is 191 cm³/mol. The lowest BCUT2D eigenvalue weighted by Crippen LogP contribution is -2.59. The number of carbonyl (C=O) groups is 4. The number of carboxylic acid groups (broad SMARTS) is 1. The predicted octanol–water partition coefficient (Wildman–Crippen LogP) is 2.23. The van der Waals surface area contributed by atoms with Gasteiger partial charge in [0.05, 0.1) is 39.0 Å². The van der Waals surface area contributed by atoms with Gasteiger partial charge < -0.3 is 40.0 Å². The summed E-state index contributed by atoms with van der Waals surface area (Å²) >= 11 is 0. The molecule has 54 heavy (non-hydrogen) atoms. The number of aliphatic hydroxyl groups excluding tert-OH is 1. The Kier molecular flexibility index (Phi) is 10.7. The number of aromatic nitrogens is 1. The van der Waals surface area contributed by atoms with E-state index in [2.05, 4.69) is 20.3 Å². The van der Waals surface area contributed by atoms with E-state index in [0.29, 0.717) is 30.4 Å². The van der Waals surface area contributed by atoms with Crippen LogP contribution in [0.5, 0.6) is 17.4 Å². The molecule has 0 unspecified atom stereocenters. The number of fused-ring (bicyclic) bond motifs is 3. The molecule has 2 saturated carbocycles. The molecular formula is C36H46FN5O11S. The van der Waals surface area contributed by atoms with Crippen LogP contribution in [-0.4, -0.2) is 108 Å². The van der Waals surface area contributed by atoms with Gasteiger partial charge in [-0.25, -0.2) is 22.6 Å². The number of hydrogen-bond acceptors (Lipinski definition) is 11. The molecule has 2 aliphatic heterocycles. The van der Waals surface area contributed by atoms with Crippen LogP contribution in [0.15, 0.2) is 30.5 Å². The Labute approximate surface area is 311 Å². The standard InChI is InChI=1S/C36H46FN5O11S/c1-19-7-5-6-8-21-15-36(21,33(46)41-54(49,50)35(18-43)9-10-35)40-30(44)26-12-22(17-42(26)32(45)29(20(2)11-19)39-34(47)48)53-31-24-13-25(37)27(51-3)14-23(24)28(52-4)16-38-31/h6,8,13-14,16,19-22,26,29,39,43H,5,7,9-12,15,17-18H2,1-4H3,(H,40,44)(H,41,46)(H,47,48)/b8-6-/t19-,20-,21-,22-,26+,29+,36-/m1/s1. The van der Waals surface area contributed by atoms with Gasteiger partial charge in [0.1, 0.15) is 34.2 Å². The molecule has 0 bridgehead atoms. The second kappa shape index (κ2) is 14.8. The van der Waals surface area contributed by atoms with Crippen LogP contribution in [0.2, 0.25) is 0 Å². The number of amides is 4. The number of nitrogens with one attached hydrogen (secondary N) is 3. The van der Waals surface area contributed by atoms with Gasteiger partial charge in [-0.05, 0) is 62.5 Å². The average molecular weight is 776 g/mol. The molecule has 18 heteroatoms. The number of allylic oxidation sites excluding steroid dienone is 1. The molecule has 1 saturated heterocycles. The van der Waals surface area contributed by atoms with Crippen molar-refractivity contribution in [3.8, 4) is 17.4 Å². The van der Waals surface area contributed by atoms with E-state index in [1.165, 1.54) is 37.4 Å². The number of hydrogen-bond donors (Lipinski definition) is 5. The summed E-state index contributed by atoms with van der Waals surface area (Å²) in [5.74, 6) is -3.89. The van der Waals surface area contributed by atoms with Crippen molar-refractivity contribution >= 4 is 44.6 Å². The maximum absolute atomic E-state index is 15.0. The van der Waals surface area contributed by atoms with Crippen molar-refractivity contribution in [3.63, 3.8) is 0 Å². The summed E-state index contributed by atoms with van der Waals surface area (Å²) in [7, 11) is -1.56. The lowest BCUT2D eigenvalue weighted by Gasteiger charge is -2.32. The van der Waals surface area contributed by atoms with E-state index in [0.717, 1.165) is 0 Å². The number of rotatable bonds is 9. The number of ether oxygens (including phenoxy) is 3. The number of nitrogens with zero attached hydrogens (tertiary/aromatic N) is 2. The largest absolute Gasteiger partial charge is 0.494 e. The number of sulfonamides is 1. The van der Waals surface area contributed by atoms with Crippen molar-refractivity contribution < 1.29 is 56.4 Å². The number of methoxy groups -OCH3 is 2. The topological polar surface area (TPSA) is 223 Å². The van der Waals surface area contributed by atoms with Crippen LogP contribution >= 0.6 is 0 Å². The number of aliphatic hydroxyl groups is 1. The quantitative estimate of drug-likeness (QED) is 0.232. The van der Waals surface area contributed by atoms with Crippen LogP contribution < -0.4 is 29.6 Å². The van der Waals surface area contributed by atoms with Crippen molar-refractivity contribution in [1.82, 2.24) is 25.2 Å². The molecule has 1 aromatic heterocycles. The third kappa shape index (κ3) is 7.37. The van der Waals surface area contributed by atoms with E-state index < -0.39 is 86.6 Å². The second-order valence-corrected chi connectivity index (χ2v) is 17.0. The smallest absolute Gasteiger partial charge is 0.405 e. The van der Waals surface area contributed by atoms with Gasteiger partial charge in [-0.2, -0.15) is 0 Å². The van der Waals surface area contributed by atoms with Crippen LogP contribution in [0.25, 0.3) is 10.8 Å². The van der Waals surface area contributed by atoms with Gasteiger partial charge in [-0.1, -0.05) is 26.0 Å². The zero-order chi connectivity index (χ0) is 39.2. The first kappa shape index (κ1) is 39.0. The van der Waals surface area contributed by atoms with Gasteiger partial charge in [-0.15, -0.1) is 0 Å². The molecule has 1 aromatic carbocycles. The molecule has 2 aromatic rings. The zero-order valence-corrected chi connectivity index (χ0v) is 31.3. The van der Waals surface area contributed by atoms with Crippen molar-refractivity contribution in [2.45, 2.75) is 87.3 Å². The molecule has 0 radical (unpaired) electrons. The molecule has 5 N–H and O–H groups in total.